The zero-order chi connectivity index (χ0) is 16.1. The monoisotopic (exact) mass is 295 g/mol. The Hall–Kier alpha value is -3.08. The van der Waals surface area contributed by atoms with Gasteiger partial charge in [0.15, 0.2) is 5.96 Å². The van der Waals surface area contributed by atoms with Crippen molar-refractivity contribution in [3.05, 3.63) is 59.7 Å². The van der Waals surface area contributed by atoms with Crippen LogP contribution in [0, 0.1) is 5.41 Å². The second-order valence-corrected chi connectivity index (χ2v) is 4.86. The number of hydrogen-bond acceptors (Lipinski definition) is 3. The molecule has 5 heteroatoms. The molecule has 5 N–H and O–H groups in total. The standard InChI is InChI=1S/C17H17N3O2/c1-11(16(22)20-17(18)19)10-12-2-4-13(5-3-12)14-6-8-15(21)9-7-14/h2-10,21H,1H3,(H4,18,19,20,22)/b11-10+. The number of phenolic OH excluding ortho intramolecular Hbond substituents is 1. The molecule has 0 aromatic heterocycles. The van der Waals surface area contributed by atoms with Gasteiger partial charge in [0.05, 0.1) is 0 Å². The SMILES string of the molecule is C/C(=C\c1ccc(-c2ccc(O)cc2)cc1)C(=O)NC(=N)N. The first-order chi connectivity index (χ1) is 10.5. The first kappa shape index (κ1) is 15.3. The highest BCUT2D eigenvalue weighted by Crippen LogP contribution is 2.22. The zero-order valence-electron chi connectivity index (χ0n) is 12.1. The summed E-state index contributed by atoms with van der Waals surface area (Å²) in [6.45, 7) is 1.66. The van der Waals surface area contributed by atoms with Gasteiger partial charge in [-0.15, -0.1) is 0 Å². The smallest absolute Gasteiger partial charge is 0.253 e. The lowest BCUT2D eigenvalue weighted by molar-refractivity contribution is -0.116. The first-order valence-electron chi connectivity index (χ1n) is 6.69. The minimum absolute atomic E-state index is 0.232. The van der Waals surface area contributed by atoms with Gasteiger partial charge in [0, 0.05) is 5.57 Å². The van der Waals surface area contributed by atoms with Crippen molar-refractivity contribution >= 4 is 17.9 Å². The van der Waals surface area contributed by atoms with Crippen molar-refractivity contribution in [2.45, 2.75) is 6.92 Å². The van der Waals surface area contributed by atoms with Crippen LogP contribution < -0.4 is 11.1 Å². The summed E-state index contributed by atoms with van der Waals surface area (Å²) in [5.74, 6) is -0.536. The molecule has 0 saturated carbocycles. The van der Waals surface area contributed by atoms with E-state index < -0.39 is 5.91 Å². The van der Waals surface area contributed by atoms with Crippen LogP contribution >= 0.6 is 0 Å². The molecular weight excluding hydrogens is 278 g/mol. The predicted molar refractivity (Wildman–Crippen MR) is 87.3 cm³/mol. The van der Waals surface area contributed by atoms with Crippen molar-refractivity contribution in [1.29, 1.82) is 5.41 Å². The summed E-state index contributed by atoms with van der Waals surface area (Å²) in [6.07, 6.45) is 1.72. The van der Waals surface area contributed by atoms with Crippen molar-refractivity contribution < 1.29 is 9.90 Å². The molecule has 0 bridgehead atoms. The molecule has 0 aliphatic carbocycles. The van der Waals surface area contributed by atoms with E-state index in [1.807, 2.05) is 36.4 Å². The second-order valence-electron chi connectivity index (χ2n) is 4.86. The van der Waals surface area contributed by atoms with E-state index in [9.17, 15) is 9.90 Å². The van der Waals surface area contributed by atoms with E-state index in [2.05, 4.69) is 5.32 Å². The van der Waals surface area contributed by atoms with Crippen LogP contribution in [0.4, 0.5) is 0 Å². The predicted octanol–water partition coefficient (Wildman–Crippen LogP) is 2.47. The summed E-state index contributed by atoms with van der Waals surface area (Å²) >= 11 is 0. The van der Waals surface area contributed by atoms with E-state index in [0.29, 0.717) is 5.57 Å². The third kappa shape index (κ3) is 3.96. The normalized spacial score (nSPS) is 11.0. The lowest BCUT2D eigenvalue weighted by Crippen LogP contribution is -2.36. The highest BCUT2D eigenvalue weighted by Gasteiger charge is 2.05. The minimum atomic E-state index is -0.393. The lowest BCUT2D eigenvalue weighted by atomic mass is 10.0. The zero-order valence-corrected chi connectivity index (χ0v) is 12.1. The first-order valence-corrected chi connectivity index (χ1v) is 6.69. The molecule has 0 spiro atoms. The largest absolute Gasteiger partial charge is 0.508 e. The van der Waals surface area contributed by atoms with Crippen molar-refractivity contribution in [2.75, 3.05) is 0 Å². The fourth-order valence-electron chi connectivity index (χ4n) is 1.96. The van der Waals surface area contributed by atoms with Gasteiger partial charge < -0.3 is 10.8 Å². The van der Waals surface area contributed by atoms with Crippen molar-refractivity contribution in [3.8, 4) is 16.9 Å². The van der Waals surface area contributed by atoms with Crippen LogP contribution in [0.25, 0.3) is 17.2 Å². The van der Waals surface area contributed by atoms with Gasteiger partial charge in [0.25, 0.3) is 5.91 Å². The number of carbonyl (C=O) groups is 1. The molecule has 5 nitrogen and oxygen atoms in total. The Labute approximate surface area is 128 Å². The summed E-state index contributed by atoms with van der Waals surface area (Å²) in [7, 11) is 0. The van der Waals surface area contributed by atoms with Gasteiger partial charge in [-0.1, -0.05) is 36.4 Å². The number of carbonyl (C=O) groups excluding carboxylic acids is 1. The fourth-order valence-corrected chi connectivity index (χ4v) is 1.96. The van der Waals surface area contributed by atoms with E-state index in [4.69, 9.17) is 11.1 Å². The maximum Gasteiger partial charge on any atom is 0.253 e. The van der Waals surface area contributed by atoms with Gasteiger partial charge >= 0.3 is 0 Å². The molecule has 0 fully saturated rings. The Kier molecular flexibility index (Phi) is 4.58. The molecule has 0 unspecified atom stereocenters. The number of nitrogens with one attached hydrogen (secondary N) is 2. The van der Waals surface area contributed by atoms with Gasteiger partial charge in [-0.25, -0.2) is 0 Å². The van der Waals surface area contributed by atoms with E-state index in [1.165, 1.54) is 0 Å². The Morgan fingerprint density at radius 2 is 1.59 bits per heavy atom. The molecule has 2 rings (SSSR count). The van der Waals surface area contributed by atoms with Crippen molar-refractivity contribution in [2.24, 2.45) is 5.73 Å². The quantitative estimate of drug-likeness (QED) is 0.397. The average molecular weight is 295 g/mol. The van der Waals surface area contributed by atoms with E-state index in [1.54, 1.807) is 25.1 Å². The summed E-state index contributed by atoms with van der Waals surface area (Å²) < 4.78 is 0. The van der Waals surface area contributed by atoms with Crippen LogP contribution in [0.2, 0.25) is 0 Å². The highest BCUT2D eigenvalue weighted by atomic mass is 16.3. The maximum atomic E-state index is 11.7. The molecular formula is C17H17N3O2. The third-order valence-corrected chi connectivity index (χ3v) is 3.10. The highest BCUT2D eigenvalue weighted by molar-refractivity contribution is 6.06. The van der Waals surface area contributed by atoms with Gasteiger partial charge in [0.1, 0.15) is 5.75 Å². The molecule has 0 heterocycles. The fraction of sp³-hybridized carbons (Fsp3) is 0.0588. The Morgan fingerprint density at radius 3 is 2.09 bits per heavy atom. The third-order valence-electron chi connectivity index (χ3n) is 3.10. The molecule has 112 valence electrons. The number of rotatable bonds is 3. The van der Waals surface area contributed by atoms with Crippen molar-refractivity contribution in [1.82, 2.24) is 5.32 Å². The van der Waals surface area contributed by atoms with Crippen LogP contribution in [-0.4, -0.2) is 17.0 Å². The molecule has 1 amide bonds. The lowest BCUT2D eigenvalue weighted by Gasteiger charge is -2.05. The number of benzene rings is 2. The summed E-state index contributed by atoms with van der Waals surface area (Å²) in [5, 5.41) is 18.6. The Balaban J connectivity index is 2.16. The topological polar surface area (TPSA) is 99.2 Å². The Bertz CT molecular complexity index is 717. The number of phenols is 1. The molecule has 0 radical (unpaired) electrons. The van der Waals surface area contributed by atoms with E-state index >= 15 is 0 Å². The van der Waals surface area contributed by atoms with E-state index in [-0.39, 0.29) is 11.7 Å². The van der Waals surface area contributed by atoms with Crippen LogP contribution in [0.15, 0.2) is 54.1 Å². The molecule has 0 saturated heterocycles. The molecule has 0 atom stereocenters. The molecule has 2 aromatic rings. The number of amides is 1. The van der Waals surface area contributed by atoms with Gasteiger partial charge in [0.2, 0.25) is 0 Å². The molecule has 0 aliphatic rings. The average Bonchev–Trinajstić information content (AvgIpc) is 2.48. The second kappa shape index (κ2) is 6.58. The van der Waals surface area contributed by atoms with Crippen LogP contribution in [-0.2, 0) is 4.79 Å². The van der Waals surface area contributed by atoms with Crippen molar-refractivity contribution in [3.63, 3.8) is 0 Å². The van der Waals surface area contributed by atoms with Gasteiger partial charge in [-0.2, -0.15) is 0 Å². The van der Waals surface area contributed by atoms with E-state index in [0.717, 1.165) is 16.7 Å². The van der Waals surface area contributed by atoms with Crippen LogP contribution in [0.3, 0.4) is 0 Å². The maximum absolute atomic E-state index is 11.7. The Morgan fingerprint density at radius 1 is 1.09 bits per heavy atom. The summed E-state index contributed by atoms with van der Waals surface area (Å²) in [6, 6.07) is 14.6. The number of nitrogens with two attached hydrogens (primary N) is 1. The number of hydrogen-bond donors (Lipinski definition) is 4. The number of guanidine groups is 1. The molecule has 22 heavy (non-hydrogen) atoms. The molecule has 0 aliphatic heterocycles. The van der Waals surface area contributed by atoms with Gasteiger partial charge in [-0.05, 0) is 41.8 Å². The van der Waals surface area contributed by atoms with Crippen LogP contribution in [0.1, 0.15) is 12.5 Å². The molecule has 2 aromatic carbocycles. The van der Waals surface area contributed by atoms with Gasteiger partial charge in [-0.3, -0.25) is 15.5 Å². The summed E-state index contributed by atoms with van der Waals surface area (Å²) in [5.41, 5.74) is 8.48. The summed E-state index contributed by atoms with van der Waals surface area (Å²) in [4.78, 5) is 11.7. The number of aromatic hydroxyl groups is 1. The minimum Gasteiger partial charge on any atom is -0.508 e. The van der Waals surface area contributed by atoms with Crippen LogP contribution in [0.5, 0.6) is 5.75 Å².